The first-order valence-corrected chi connectivity index (χ1v) is 26.6. The van der Waals surface area contributed by atoms with Gasteiger partial charge in [0.1, 0.15) is 0 Å². The lowest BCUT2D eigenvalue weighted by Crippen LogP contribution is -2.45. The van der Waals surface area contributed by atoms with Crippen LogP contribution in [-0.4, -0.2) is 46.1 Å². The van der Waals surface area contributed by atoms with E-state index in [9.17, 15) is 20.1 Å². The summed E-state index contributed by atoms with van der Waals surface area (Å²) in [6, 6.07) is -0.758. The molecule has 5 nitrogen and oxygen atoms in total. The van der Waals surface area contributed by atoms with E-state index in [-0.39, 0.29) is 18.9 Å². The Morgan fingerprint density at radius 3 is 1.08 bits per heavy atom. The molecular formula is C54H105NO4. The zero-order valence-corrected chi connectivity index (χ0v) is 39.9. The van der Waals surface area contributed by atoms with E-state index in [2.05, 4.69) is 31.3 Å². The number of allylic oxidation sites excluding steroid dienone is 3. The molecule has 59 heavy (non-hydrogen) atoms. The van der Waals surface area contributed by atoms with Crippen LogP contribution >= 0.6 is 0 Å². The van der Waals surface area contributed by atoms with Crippen molar-refractivity contribution in [2.45, 2.75) is 308 Å². The molecule has 0 saturated carbocycles. The van der Waals surface area contributed by atoms with Crippen molar-refractivity contribution in [1.82, 2.24) is 5.32 Å². The molecule has 0 heterocycles. The lowest BCUT2D eigenvalue weighted by atomic mass is 10.0. The van der Waals surface area contributed by atoms with Crippen molar-refractivity contribution >= 4 is 5.91 Å². The van der Waals surface area contributed by atoms with Crippen LogP contribution in [0.25, 0.3) is 0 Å². The molecule has 1 amide bonds. The van der Waals surface area contributed by atoms with Gasteiger partial charge in [0.2, 0.25) is 5.91 Å². The standard InChI is InChI=1S/C54H105NO4/c1-3-5-7-9-11-13-15-17-19-20-21-22-23-24-25-26-27-28-29-30-31-32-34-35-37-39-41-43-45-47-51(57)49-54(59)55-52(50-56)53(58)48-46-44-42-40-38-36-33-18-16-14-12-10-8-6-4-2/h38,40,46,48,51-53,56-58H,3-37,39,41-45,47,49-50H2,1-2H3,(H,55,59)/b40-38+,48-46+. The second kappa shape index (κ2) is 49.5. The minimum Gasteiger partial charge on any atom is -0.394 e. The number of hydrogen-bond donors (Lipinski definition) is 4. The molecule has 0 aliphatic carbocycles. The number of hydrogen-bond acceptors (Lipinski definition) is 4. The van der Waals surface area contributed by atoms with Gasteiger partial charge in [0.15, 0.2) is 0 Å². The molecule has 0 aromatic carbocycles. The highest BCUT2D eigenvalue weighted by molar-refractivity contribution is 5.76. The summed E-state index contributed by atoms with van der Waals surface area (Å²) in [5.74, 6) is -0.321. The van der Waals surface area contributed by atoms with E-state index in [0.717, 1.165) is 32.1 Å². The molecule has 0 aliphatic rings. The molecular weight excluding hydrogens is 727 g/mol. The van der Waals surface area contributed by atoms with Crippen molar-refractivity contribution < 1.29 is 20.1 Å². The van der Waals surface area contributed by atoms with E-state index in [1.54, 1.807) is 6.08 Å². The SMILES string of the molecule is CCCCCCCCCCC/C=C/CC/C=C/C(O)C(CO)NC(=O)CC(O)CCCCCCCCCCCCCCCCCCCCCCCCCCCCCCC. The monoisotopic (exact) mass is 832 g/mol. The van der Waals surface area contributed by atoms with Crippen LogP contribution in [0.3, 0.4) is 0 Å². The third-order valence-corrected chi connectivity index (χ3v) is 12.5. The average Bonchev–Trinajstić information content (AvgIpc) is 3.23. The van der Waals surface area contributed by atoms with Gasteiger partial charge in [0.05, 0.1) is 31.3 Å². The van der Waals surface area contributed by atoms with Gasteiger partial charge >= 0.3 is 0 Å². The Morgan fingerprint density at radius 2 is 0.729 bits per heavy atom. The summed E-state index contributed by atoms with van der Waals surface area (Å²) in [4.78, 5) is 12.5. The molecule has 0 rings (SSSR count). The largest absolute Gasteiger partial charge is 0.394 e. The topological polar surface area (TPSA) is 89.8 Å². The fourth-order valence-electron chi connectivity index (χ4n) is 8.42. The van der Waals surface area contributed by atoms with Gasteiger partial charge in [-0.15, -0.1) is 0 Å². The number of aliphatic hydroxyl groups is 3. The summed E-state index contributed by atoms with van der Waals surface area (Å²) in [5, 5.41) is 33.3. The maximum absolute atomic E-state index is 12.5. The Hall–Kier alpha value is -1.17. The average molecular weight is 832 g/mol. The van der Waals surface area contributed by atoms with E-state index in [4.69, 9.17) is 0 Å². The number of carbonyl (C=O) groups excluding carboxylic acids is 1. The van der Waals surface area contributed by atoms with E-state index in [1.165, 1.54) is 231 Å². The molecule has 0 saturated heterocycles. The number of unbranched alkanes of at least 4 members (excludes halogenated alkanes) is 38. The highest BCUT2D eigenvalue weighted by atomic mass is 16.3. The molecule has 4 N–H and O–H groups in total. The van der Waals surface area contributed by atoms with Crippen molar-refractivity contribution in [1.29, 1.82) is 0 Å². The quantitative estimate of drug-likeness (QED) is 0.0363. The van der Waals surface area contributed by atoms with Crippen molar-refractivity contribution in [3.8, 4) is 0 Å². The molecule has 0 bridgehead atoms. The third-order valence-electron chi connectivity index (χ3n) is 12.5. The lowest BCUT2D eigenvalue weighted by Gasteiger charge is -2.21. The molecule has 3 atom stereocenters. The van der Waals surface area contributed by atoms with Crippen LogP contribution in [0.5, 0.6) is 0 Å². The van der Waals surface area contributed by atoms with Crippen LogP contribution < -0.4 is 5.32 Å². The third kappa shape index (κ3) is 46.2. The van der Waals surface area contributed by atoms with Gasteiger partial charge in [-0.1, -0.05) is 276 Å². The van der Waals surface area contributed by atoms with Crippen LogP contribution in [0.15, 0.2) is 24.3 Å². The number of aliphatic hydroxyl groups excluding tert-OH is 3. The minimum absolute atomic E-state index is 0.0101. The molecule has 0 aliphatic heterocycles. The van der Waals surface area contributed by atoms with E-state index in [0.29, 0.717) is 6.42 Å². The van der Waals surface area contributed by atoms with Gasteiger partial charge in [-0.2, -0.15) is 0 Å². The fourth-order valence-corrected chi connectivity index (χ4v) is 8.42. The summed E-state index contributed by atoms with van der Waals surface area (Å²) in [6.07, 6.45) is 62.2. The normalized spacial score (nSPS) is 13.5. The van der Waals surface area contributed by atoms with Crippen molar-refractivity contribution in [3.63, 3.8) is 0 Å². The lowest BCUT2D eigenvalue weighted by molar-refractivity contribution is -0.124. The molecule has 3 unspecified atom stereocenters. The molecule has 350 valence electrons. The first-order valence-electron chi connectivity index (χ1n) is 26.6. The Kier molecular flexibility index (Phi) is 48.5. The van der Waals surface area contributed by atoms with E-state index >= 15 is 0 Å². The van der Waals surface area contributed by atoms with E-state index < -0.39 is 18.2 Å². The molecule has 0 radical (unpaired) electrons. The number of nitrogens with one attached hydrogen (secondary N) is 1. The highest BCUT2D eigenvalue weighted by Crippen LogP contribution is 2.17. The van der Waals surface area contributed by atoms with Crippen LogP contribution in [0.1, 0.15) is 290 Å². The maximum Gasteiger partial charge on any atom is 0.222 e. The summed E-state index contributed by atoms with van der Waals surface area (Å²) < 4.78 is 0. The molecule has 0 aromatic rings. The second-order valence-corrected chi connectivity index (χ2v) is 18.5. The highest BCUT2D eigenvalue weighted by Gasteiger charge is 2.20. The Balaban J connectivity index is 3.53. The van der Waals surface area contributed by atoms with Gasteiger partial charge < -0.3 is 20.6 Å². The number of rotatable bonds is 49. The first-order chi connectivity index (χ1) is 29.0. The molecule has 0 aromatic heterocycles. The van der Waals surface area contributed by atoms with Gasteiger partial charge in [-0.3, -0.25) is 4.79 Å². The summed E-state index contributed by atoms with van der Waals surface area (Å²) in [6.45, 7) is 4.22. The van der Waals surface area contributed by atoms with Crippen molar-refractivity contribution in [2.24, 2.45) is 0 Å². The Morgan fingerprint density at radius 1 is 0.424 bits per heavy atom. The molecule has 0 spiro atoms. The minimum atomic E-state index is -0.949. The summed E-state index contributed by atoms with van der Waals surface area (Å²) in [7, 11) is 0. The second-order valence-electron chi connectivity index (χ2n) is 18.5. The number of carbonyl (C=O) groups is 1. The van der Waals surface area contributed by atoms with Crippen LogP contribution in [0, 0.1) is 0 Å². The smallest absolute Gasteiger partial charge is 0.222 e. The van der Waals surface area contributed by atoms with Crippen LogP contribution in [-0.2, 0) is 4.79 Å². The summed E-state index contributed by atoms with van der Waals surface area (Å²) >= 11 is 0. The summed E-state index contributed by atoms with van der Waals surface area (Å²) in [5.41, 5.74) is 0. The van der Waals surface area contributed by atoms with Crippen LogP contribution in [0.4, 0.5) is 0 Å². The first kappa shape index (κ1) is 57.8. The maximum atomic E-state index is 12.5. The van der Waals surface area contributed by atoms with Gasteiger partial charge in [-0.05, 0) is 32.1 Å². The fraction of sp³-hybridized carbons (Fsp3) is 0.907. The molecule has 5 heteroatoms. The predicted octanol–water partition coefficient (Wildman–Crippen LogP) is 16.1. The van der Waals surface area contributed by atoms with Gasteiger partial charge in [0.25, 0.3) is 0 Å². The Bertz CT molecular complexity index is 874. The van der Waals surface area contributed by atoms with Crippen LogP contribution in [0.2, 0.25) is 0 Å². The zero-order chi connectivity index (χ0) is 43.0. The number of amides is 1. The van der Waals surface area contributed by atoms with Gasteiger partial charge in [0, 0.05) is 0 Å². The van der Waals surface area contributed by atoms with Crippen molar-refractivity contribution in [2.75, 3.05) is 6.61 Å². The van der Waals surface area contributed by atoms with Crippen molar-refractivity contribution in [3.05, 3.63) is 24.3 Å². The zero-order valence-electron chi connectivity index (χ0n) is 39.9. The van der Waals surface area contributed by atoms with E-state index in [1.807, 2.05) is 6.08 Å². The predicted molar refractivity (Wildman–Crippen MR) is 259 cm³/mol. The molecule has 0 fully saturated rings. The van der Waals surface area contributed by atoms with Gasteiger partial charge in [-0.25, -0.2) is 0 Å². The Labute approximate surface area is 369 Å².